The maximum absolute atomic E-state index is 12.3. The van der Waals surface area contributed by atoms with Crippen molar-refractivity contribution in [1.82, 2.24) is 9.88 Å². The Balaban J connectivity index is 2.12. The third-order valence-corrected chi connectivity index (χ3v) is 3.89. The summed E-state index contributed by atoms with van der Waals surface area (Å²) in [5, 5.41) is 11.2. The van der Waals surface area contributed by atoms with Gasteiger partial charge in [-0.25, -0.2) is 9.78 Å². The zero-order valence-corrected chi connectivity index (χ0v) is 14.6. The van der Waals surface area contributed by atoms with Crippen LogP contribution in [0.5, 0.6) is 0 Å². The number of likely N-dealkylation sites (N-methyl/N-ethyl adjacent to an activating group) is 1. The number of rotatable bonds is 3. The van der Waals surface area contributed by atoms with E-state index < -0.39 is 10.5 Å². The molecule has 1 aromatic rings. The topological polar surface area (TPSA) is 88.8 Å². The zero-order valence-electron chi connectivity index (χ0n) is 14.6. The average Bonchev–Trinajstić information content (AvgIpc) is 2.52. The second-order valence-electron chi connectivity index (χ2n) is 6.94. The van der Waals surface area contributed by atoms with Gasteiger partial charge in [0, 0.05) is 38.4 Å². The lowest BCUT2D eigenvalue weighted by Crippen LogP contribution is -2.50. The number of nitro groups is 1. The van der Waals surface area contributed by atoms with Crippen LogP contribution >= 0.6 is 0 Å². The maximum Gasteiger partial charge on any atom is 0.410 e. The lowest BCUT2D eigenvalue weighted by atomic mass is 10.0. The Labute approximate surface area is 141 Å². The van der Waals surface area contributed by atoms with Gasteiger partial charge < -0.3 is 14.5 Å². The van der Waals surface area contributed by atoms with Gasteiger partial charge in [-0.2, -0.15) is 0 Å². The van der Waals surface area contributed by atoms with Gasteiger partial charge >= 0.3 is 11.8 Å². The molecule has 8 heteroatoms. The van der Waals surface area contributed by atoms with E-state index in [1.807, 2.05) is 20.8 Å². The molecule has 8 nitrogen and oxygen atoms in total. The summed E-state index contributed by atoms with van der Waals surface area (Å²) in [5.41, 5.74) is -0.579. The molecule has 0 N–H and O–H groups in total. The number of amides is 1. The largest absolute Gasteiger partial charge is 0.444 e. The summed E-state index contributed by atoms with van der Waals surface area (Å²) in [7, 11) is 1.78. The SMILES string of the molecule is CN(c1ncccc1[N+](=O)[O-])C1CCCN(C(=O)OC(C)(C)C)C1. The molecule has 1 fully saturated rings. The first-order valence-electron chi connectivity index (χ1n) is 7.99. The monoisotopic (exact) mass is 336 g/mol. The number of aromatic nitrogens is 1. The summed E-state index contributed by atoms with van der Waals surface area (Å²) in [6, 6.07) is 2.94. The molecule has 1 atom stereocenters. The van der Waals surface area contributed by atoms with E-state index in [0.29, 0.717) is 18.9 Å². The Bertz CT molecular complexity index is 614. The predicted octanol–water partition coefficient (Wildman–Crippen LogP) is 2.83. The molecule has 0 aromatic carbocycles. The average molecular weight is 336 g/mol. The van der Waals surface area contributed by atoms with E-state index in [9.17, 15) is 14.9 Å². The van der Waals surface area contributed by atoms with Gasteiger partial charge in [0.15, 0.2) is 0 Å². The van der Waals surface area contributed by atoms with Gasteiger partial charge in [-0.3, -0.25) is 10.1 Å². The van der Waals surface area contributed by atoms with E-state index >= 15 is 0 Å². The minimum atomic E-state index is -0.546. The highest BCUT2D eigenvalue weighted by Gasteiger charge is 2.31. The zero-order chi connectivity index (χ0) is 17.9. The van der Waals surface area contributed by atoms with Crippen LogP contribution < -0.4 is 4.90 Å². The van der Waals surface area contributed by atoms with E-state index in [1.54, 1.807) is 22.9 Å². The van der Waals surface area contributed by atoms with E-state index in [1.165, 1.54) is 12.3 Å². The highest BCUT2D eigenvalue weighted by molar-refractivity contribution is 5.68. The van der Waals surface area contributed by atoms with Gasteiger partial charge in [0.1, 0.15) is 5.60 Å². The number of carbonyl (C=O) groups excluding carboxylic acids is 1. The van der Waals surface area contributed by atoms with Crippen LogP contribution in [0.2, 0.25) is 0 Å². The van der Waals surface area contributed by atoms with E-state index in [-0.39, 0.29) is 17.8 Å². The number of carbonyl (C=O) groups is 1. The van der Waals surface area contributed by atoms with Gasteiger partial charge in [0.05, 0.1) is 4.92 Å². The fourth-order valence-electron chi connectivity index (χ4n) is 2.74. The summed E-state index contributed by atoms with van der Waals surface area (Å²) in [6.07, 6.45) is 2.84. The highest BCUT2D eigenvalue weighted by Crippen LogP contribution is 2.28. The summed E-state index contributed by atoms with van der Waals surface area (Å²) >= 11 is 0. The van der Waals surface area contributed by atoms with Gasteiger partial charge in [-0.05, 0) is 39.7 Å². The quantitative estimate of drug-likeness (QED) is 0.623. The van der Waals surface area contributed by atoms with Crippen LogP contribution in [0.15, 0.2) is 18.3 Å². The summed E-state index contributed by atoms with van der Waals surface area (Å²) in [6.45, 7) is 6.57. The molecule has 1 aliphatic rings. The first-order valence-corrected chi connectivity index (χ1v) is 7.99. The Morgan fingerprint density at radius 2 is 2.21 bits per heavy atom. The third-order valence-electron chi connectivity index (χ3n) is 3.89. The Hall–Kier alpha value is -2.38. The number of anilines is 1. The number of nitrogens with zero attached hydrogens (tertiary/aromatic N) is 4. The maximum atomic E-state index is 12.3. The van der Waals surface area contributed by atoms with Crippen molar-refractivity contribution in [2.75, 3.05) is 25.0 Å². The molecular weight excluding hydrogens is 312 g/mol. The number of hydrogen-bond acceptors (Lipinski definition) is 6. The van der Waals surface area contributed by atoms with Crippen molar-refractivity contribution in [2.45, 2.75) is 45.3 Å². The minimum Gasteiger partial charge on any atom is -0.444 e. The molecule has 1 amide bonds. The van der Waals surface area contributed by atoms with Gasteiger partial charge in [-0.15, -0.1) is 0 Å². The number of pyridine rings is 1. The van der Waals surface area contributed by atoms with Crippen molar-refractivity contribution < 1.29 is 14.5 Å². The minimum absolute atomic E-state index is 0.0330. The van der Waals surface area contributed by atoms with Crippen LogP contribution in [0.25, 0.3) is 0 Å². The molecule has 2 heterocycles. The number of piperidine rings is 1. The molecule has 1 unspecified atom stereocenters. The number of likely N-dealkylation sites (tertiary alicyclic amines) is 1. The highest BCUT2D eigenvalue weighted by atomic mass is 16.6. The standard InChI is InChI=1S/C16H24N4O4/c1-16(2,3)24-15(21)19-10-6-7-12(11-19)18(4)14-13(20(22)23)8-5-9-17-14/h5,8-9,12H,6-7,10-11H2,1-4H3. The van der Waals surface area contributed by atoms with E-state index in [0.717, 1.165) is 12.8 Å². The van der Waals surface area contributed by atoms with Crippen molar-refractivity contribution in [3.05, 3.63) is 28.4 Å². The Morgan fingerprint density at radius 3 is 2.83 bits per heavy atom. The fourth-order valence-corrected chi connectivity index (χ4v) is 2.74. The summed E-state index contributed by atoms with van der Waals surface area (Å²) < 4.78 is 5.42. The van der Waals surface area contributed by atoms with Crippen molar-refractivity contribution in [1.29, 1.82) is 0 Å². The molecule has 132 valence electrons. The van der Waals surface area contributed by atoms with Crippen molar-refractivity contribution in [3.63, 3.8) is 0 Å². The van der Waals surface area contributed by atoms with Crippen LogP contribution in [0.1, 0.15) is 33.6 Å². The van der Waals surface area contributed by atoms with Crippen LogP contribution in [0.3, 0.4) is 0 Å². The van der Waals surface area contributed by atoms with Crippen LogP contribution in [0.4, 0.5) is 16.3 Å². The summed E-state index contributed by atoms with van der Waals surface area (Å²) in [4.78, 5) is 30.6. The molecule has 0 saturated carbocycles. The van der Waals surface area contributed by atoms with Crippen molar-refractivity contribution in [2.24, 2.45) is 0 Å². The molecule has 1 aliphatic heterocycles. The normalized spacial score (nSPS) is 18.2. The van der Waals surface area contributed by atoms with Gasteiger partial charge in [-0.1, -0.05) is 0 Å². The molecule has 0 aliphatic carbocycles. The van der Waals surface area contributed by atoms with Crippen LogP contribution in [0, 0.1) is 10.1 Å². The first kappa shape index (κ1) is 18.0. The Kier molecular flexibility index (Phi) is 5.26. The molecular formula is C16H24N4O4. The number of hydrogen-bond donors (Lipinski definition) is 0. The fraction of sp³-hybridized carbons (Fsp3) is 0.625. The molecule has 24 heavy (non-hydrogen) atoms. The van der Waals surface area contributed by atoms with Crippen LogP contribution in [-0.4, -0.2) is 52.7 Å². The Morgan fingerprint density at radius 1 is 1.50 bits per heavy atom. The second-order valence-corrected chi connectivity index (χ2v) is 6.94. The van der Waals surface area contributed by atoms with Crippen molar-refractivity contribution in [3.8, 4) is 0 Å². The van der Waals surface area contributed by atoms with Gasteiger partial charge in [0.25, 0.3) is 0 Å². The predicted molar refractivity (Wildman–Crippen MR) is 90.1 cm³/mol. The number of ether oxygens (including phenoxy) is 1. The lowest BCUT2D eigenvalue weighted by Gasteiger charge is -2.38. The van der Waals surface area contributed by atoms with E-state index in [4.69, 9.17) is 4.74 Å². The molecule has 0 radical (unpaired) electrons. The molecule has 0 bridgehead atoms. The van der Waals surface area contributed by atoms with Crippen molar-refractivity contribution >= 4 is 17.6 Å². The third kappa shape index (κ3) is 4.33. The first-order chi connectivity index (χ1) is 11.2. The molecule has 0 spiro atoms. The second kappa shape index (κ2) is 7.02. The smallest absolute Gasteiger partial charge is 0.410 e. The van der Waals surface area contributed by atoms with Gasteiger partial charge in [0.2, 0.25) is 5.82 Å². The molecule has 1 saturated heterocycles. The summed E-state index contributed by atoms with van der Waals surface area (Å²) in [5.74, 6) is 0.318. The van der Waals surface area contributed by atoms with E-state index in [2.05, 4.69) is 4.98 Å². The van der Waals surface area contributed by atoms with Crippen LogP contribution in [-0.2, 0) is 4.74 Å². The molecule has 1 aromatic heterocycles. The lowest BCUT2D eigenvalue weighted by molar-refractivity contribution is -0.384. The molecule has 2 rings (SSSR count).